The number of likely N-dealkylation sites (tertiary alicyclic amines) is 1. The minimum atomic E-state index is 0.521. The number of benzene rings is 1. The number of piperidine rings is 1. The van der Waals surface area contributed by atoms with Crippen LogP contribution in [-0.2, 0) is 13.0 Å². The third-order valence-corrected chi connectivity index (χ3v) is 5.35. The molecule has 3 heteroatoms. The molecule has 1 aliphatic heterocycles. The molecule has 2 aromatic heterocycles. The number of pyridine rings is 2. The van der Waals surface area contributed by atoms with Crippen LogP contribution in [0.1, 0.15) is 46.8 Å². The first-order valence-electron chi connectivity index (χ1n) is 9.89. The highest BCUT2D eigenvalue weighted by Crippen LogP contribution is 2.27. The first kappa shape index (κ1) is 17.9. The van der Waals surface area contributed by atoms with Crippen molar-refractivity contribution in [2.75, 3.05) is 13.1 Å². The average Bonchev–Trinajstić information content (AvgIpc) is 2.69. The van der Waals surface area contributed by atoms with Crippen LogP contribution in [-0.4, -0.2) is 28.0 Å². The van der Waals surface area contributed by atoms with E-state index in [1.54, 1.807) is 0 Å². The smallest absolute Gasteiger partial charge is 0.0450 e. The molecule has 3 aromatic rings. The van der Waals surface area contributed by atoms with E-state index in [1.807, 2.05) is 18.5 Å². The molecule has 138 valence electrons. The fourth-order valence-electron chi connectivity index (χ4n) is 4.05. The van der Waals surface area contributed by atoms with E-state index in [1.165, 1.54) is 40.9 Å². The molecule has 0 N–H and O–H groups in total. The zero-order valence-corrected chi connectivity index (χ0v) is 16.0. The lowest BCUT2D eigenvalue weighted by Gasteiger charge is -2.32. The highest BCUT2D eigenvalue weighted by Gasteiger charge is 2.22. The van der Waals surface area contributed by atoms with Crippen molar-refractivity contribution in [1.82, 2.24) is 14.9 Å². The lowest BCUT2D eigenvalue weighted by molar-refractivity contribution is 0.198. The summed E-state index contributed by atoms with van der Waals surface area (Å²) in [6.07, 6.45) is 7.18. The second-order valence-corrected chi connectivity index (χ2v) is 7.66. The van der Waals surface area contributed by atoms with E-state index in [2.05, 4.69) is 65.3 Å². The molecule has 0 spiro atoms. The van der Waals surface area contributed by atoms with Crippen molar-refractivity contribution in [1.29, 1.82) is 0 Å². The molecular formula is C24H27N3. The van der Waals surface area contributed by atoms with Gasteiger partial charge in [0.15, 0.2) is 0 Å². The minimum absolute atomic E-state index is 0.521. The Bertz CT molecular complexity index is 876. The molecule has 0 unspecified atom stereocenters. The molecule has 4 rings (SSSR count). The average molecular weight is 358 g/mol. The molecule has 0 radical (unpaired) electrons. The zero-order valence-electron chi connectivity index (χ0n) is 16.0. The third kappa shape index (κ3) is 4.81. The highest BCUT2D eigenvalue weighted by molar-refractivity contribution is 5.27. The quantitative estimate of drug-likeness (QED) is 0.659. The van der Waals surface area contributed by atoms with Crippen LogP contribution in [0, 0.1) is 6.92 Å². The molecule has 3 nitrogen and oxygen atoms in total. The van der Waals surface area contributed by atoms with Gasteiger partial charge in [-0.3, -0.25) is 14.9 Å². The van der Waals surface area contributed by atoms with Crippen LogP contribution in [0.5, 0.6) is 0 Å². The van der Waals surface area contributed by atoms with Crippen LogP contribution in [0.2, 0.25) is 0 Å². The number of aryl methyl sites for hydroxylation is 1. The SMILES string of the molecule is Cc1cccc(Cc2cccc([C@H]3CCCN(Cc4cccnc4)C3)n2)c1. The lowest BCUT2D eigenvalue weighted by atomic mass is 9.93. The lowest BCUT2D eigenvalue weighted by Crippen LogP contribution is -2.34. The predicted molar refractivity (Wildman–Crippen MR) is 110 cm³/mol. The summed E-state index contributed by atoms with van der Waals surface area (Å²) in [4.78, 5) is 11.8. The van der Waals surface area contributed by atoms with E-state index in [4.69, 9.17) is 4.98 Å². The van der Waals surface area contributed by atoms with Gasteiger partial charge in [0.1, 0.15) is 0 Å². The molecule has 27 heavy (non-hydrogen) atoms. The topological polar surface area (TPSA) is 29.0 Å². The molecular weight excluding hydrogens is 330 g/mol. The largest absolute Gasteiger partial charge is 0.298 e. The molecule has 1 saturated heterocycles. The van der Waals surface area contributed by atoms with Gasteiger partial charge >= 0.3 is 0 Å². The summed E-state index contributed by atoms with van der Waals surface area (Å²) < 4.78 is 0. The standard InChI is InChI=1S/C24H27N3/c1-19-6-2-7-20(14-19)15-23-10-3-11-24(26-23)22-9-5-13-27(18-22)17-21-8-4-12-25-16-21/h2-4,6-8,10-12,14,16,22H,5,9,13,15,17-18H2,1H3/t22-/m0/s1. The molecule has 0 bridgehead atoms. The van der Waals surface area contributed by atoms with Crippen LogP contribution in [0.15, 0.2) is 67.0 Å². The minimum Gasteiger partial charge on any atom is -0.298 e. The summed E-state index contributed by atoms with van der Waals surface area (Å²) >= 11 is 0. The van der Waals surface area contributed by atoms with Crippen molar-refractivity contribution in [2.24, 2.45) is 0 Å². The van der Waals surface area contributed by atoms with Gasteiger partial charge in [-0.2, -0.15) is 0 Å². The fourth-order valence-corrected chi connectivity index (χ4v) is 4.05. The molecule has 1 aromatic carbocycles. The summed E-state index contributed by atoms with van der Waals surface area (Å²) in [6.45, 7) is 5.36. The number of hydrogen-bond donors (Lipinski definition) is 0. The van der Waals surface area contributed by atoms with Crippen molar-refractivity contribution in [3.8, 4) is 0 Å². The van der Waals surface area contributed by atoms with Gasteiger partial charge in [0, 0.05) is 49.2 Å². The molecule has 0 saturated carbocycles. The maximum absolute atomic E-state index is 5.02. The van der Waals surface area contributed by atoms with Crippen molar-refractivity contribution in [2.45, 2.75) is 38.6 Å². The van der Waals surface area contributed by atoms with Crippen molar-refractivity contribution < 1.29 is 0 Å². The normalized spacial score (nSPS) is 17.7. The van der Waals surface area contributed by atoms with Crippen LogP contribution in [0.25, 0.3) is 0 Å². The molecule has 0 aliphatic carbocycles. The van der Waals surface area contributed by atoms with Gasteiger partial charge in [0.25, 0.3) is 0 Å². The zero-order chi connectivity index (χ0) is 18.5. The predicted octanol–water partition coefficient (Wildman–Crippen LogP) is 4.76. The van der Waals surface area contributed by atoms with Gasteiger partial charge in [-0.1, -0.05) is 42.0 Å². The van der Waals surface area contributed by atoms with Gasteiger partial charge in [-0.05, 0) is 55.6 Å². The summed E-state index contributed by atoms with van der Waals surface area (Å²) in [5.41, 5.74) is 6.35. The van der Waals surface area contributed by atoms with E-state index in [-0.39, 0.29) is 0 Å². The van der Waals surface area contributed by atoms with Crippen LogP contribution < -0.4 is 0 Å². The van der Waals surface area contributed by atoms with Gasteiger partial charge in [-0.15, -0.1) is 0 Å². The number of rotatable bonds is 5. The molecule has 1 atom stereocenters. The van der Waals surface area contributed by atoms with E-state index in [0.717, 1.165) is 26.1 Å². The van der Waals surface area contributed by atoms with Crippen LogP contribution in [0.3, 0.4) is 0 Å². The Kier molecular flexibility index (Phi) is 5.59. The second kappa shape index (κ2) is 8.45. The van der Waals surface area contributed by atoms with Gasteiger partial charge in [0.2, 0.25) is 0 Å². The number of hydrogen-bond acceptors (Lipinski definition) is 3. The van der Waals surface area contributed by atoms with Crippen molar-refractivity contribution in [3.63, 3.8) is 0 Å². The summed E-state index contributed by atoms with van der Waals surface area (Å²) in [6, 6.07) is 19.4. The molecule has 1 aliphatic rings. The number of aromatic nitrogens is 2. The maximum atomic E-state index is 5.02. The van der Waals surface area contributed by atoms with Gasteiger partial charge in [-0.25, -0.2) is 0 Å². The Hall–Kier alpha value is -2.52. The Labute approximate surface area is 162 Å². The molecule has 3 heterocycles. The van der Waals surface area contributed by atoms with E-state index < -0.39 is 0 Å². The maximum Gasteiger partial charge on any atom is 0.0450 e. The van der Waals surface area contributed by atoms with Gasteiger partial charge < -0.3 is 0 Å². The summed E-state index contributed by atoms with van der Waals surface area (Å²) in [7, 11) is 0. The summed E-state index contributed by atoms with van der Waals surface area (Å²) in [5.74, 6) is 0.521. The Morgan fingerprint density at radius 3 is 2.78 bits per heavy atom. The third-order valence-electron chi connectivity index (χ3n) is 5.35. The summed E-state index contributed by atoms with van der Waals surface area (Å²) in [5, 5.41) is 0. The molecule has 0 amide bonds. The Morgan fingerprint density at radius 2 is 1.93 bits per heavy atom. The Balaban J connectivity index is 1.44. The van der Waals surface area contributed by atoms with E-state index >= 15 is 0 Å². The van der Waals surface area contributed by atoms with Crippen LogP contribution >= 0.6 is 0 Å². The van der Waals surface area contributed by atoms with Crippen LogP contribution in [0.4, 0.5) is 0 Å². The first-order valence-corrected chi connectivity index (χ1v) is 9.89. The first-order chi connectivity index (χ1) is 13.3. The van der Waals surface area contributed by atoms with Crippen molar-refractivity contribution in [3.05, 3.63) is 95.1 Å². The number of nitrogens with zero attached hydrogens (tertiary/aromatic N) is 3. The highest BCUT2D eigenvalue weighted by atomic mass is 15.1. The monoisotopic (exact) mass is 357 g/mol. The van der Waals surface area contributed by atoms with E-state index in [0.29, 0.717) is 5.92 Å². The van der Waals surface area contributed by atoms with Crippen molar-refractivity contribution >= 4 is 0 Å². The molecule has 1 fully saturated rings. The fraction of sp³-hybridized carbons (Fsp3) is 0.333. The van der Waals surface area contributed by atoms with Gasteiger partial charge in [0.05, 0.1) is 0 Å². The van der Waals surface area contributed by atoms with E-state index in [9.17, 15) is 0 Å². The Morgan fingerprint density at radius 1 is 1.04 bits per heavy atom. The second-order valence-electron chi connectivity index (χ2n) is 7.66.